The van der Waals surface area contributed by atoms with Gasteiger partial charge in [-0.15, -0.1) is 6.58 Å². The SMILES string of the molecule is C=CCNS(=O)(=O)c1cc(C(=O)N2CCCN(C)CC2)ccc1F. The number of amides is 1. The van der Waals surface area contributed by atoms with Crippen LogP contribution >= 0.6 is 0 Å². The van der Waals surface area contributed by atoms with Crippen molar-refractivity contribution >= 4 is 15.9 Å². The number of hydrogen-bond acceptors (Lipinski definition) is 4. The Hall–Kier alpha value is -1.77. The van der Waals surface area contributed by atoms with Gasteiger partial charge in [0, 0.05) is 31.7 Å². The van der Waals surface area contributed by atoms with Gasteiger partial charge in [0.2, 0.25) is 10.0 Å². The third kappa shape index (κ3) is 4.40. The number of hydrogen-bond donors (Lipinski definition) is 1. The van der Waals surface area contributed by atoms with Crippen molar-refractivity contribution in [3.63, 3.8) is 0 Å². The lowest BCUT2D eigenvalue weighted by molar-refractivity contribution is 0.0762. The standard InChI is InChI=1S/C16H22FN3O3S/c1-3-7-18-24(22,23)15-12-13(5-6-14(15)17)16(21)20-9-4-8-19(2)10-11-20/h3,5-6,12,18H,1,4,7-11H2,2H3. The largest absolute Gasteiger partial charge is 0.337 e. The third-order valence-corrected chi connectivity index (χ3v) is 5.33. The summed E-state index contributed by atoms with van der Waals surface area (Å²) >= 11 is 0. The number of carbonyl (C=O) groups excluding carboxylic acids is 1. The summed E-state index contributed by atoms with van der Waals surface area (Å²) in [5, 5.41) is 0. The molecule has 1 aromatic carbocycles. The van der Waals surface area contributed by atoms with E-state index in [1.165, 1.54) is 12.1 Å². The Kier molecular flexibility index (Phi) is 6.09. The van der Waals surface area contributed by atoms with Gasteiger partial charge < -0.3 is 9.80 Å². The predicted molar refractivity (Wildman–Crippen MR) is 89.8 cm³/mol. The van der Waals surface area contributed by atoms with Gasteiger partial charge in [-0.2, -0.15) is 0 Å². The first-order valence-corrected chi connectivity index (χ1v) is 9.21. The second-order valence-electron chi connectivity index (χ2n) is 5.73. The Morgan fingerprint density at radius 2 is 2.08 bits per heavy atom. The summed E-state index contributed by atoms with van der Waals surface area (Å²) < 4.78 is 40.4. The fourth-order valence-electron chi connectivity index (χ4n) is 2.52. The number of benzene rings is 1. The molecule has 1 aliphatic rings. The quantitative estimate of drug-likeness (QED) is 0.802. The Morgan fingerprint density at radius 3 is 2.79 bits per heavy atom. The zero-order valence-corrected chi connectivity index (χ0v) is 14.5. The van der Waals surface area contributed by atoms with Crippen molar-refractivity contribution in [1.82, 2.24) is 14.5 Å². The molecule has 0 atom stereocenters. The van der Waals surface area contributed by atoms with Gasteiger partial charge in [0.05, 0.1) is 0 Å². The summed E-state index contributed by atoms with van der Waals surface area (Å²) in [7, 11) is -2.04. The van der Waals surface area contributed by atoms with Gasteiger partial charge >= 0.3 is 0 Å². The van der Waals surface area contributed by atoms with E-state index in [1.807, 2.05) is 7.05 Å². The summed E-state index contributed by atoms with van der Waals surface area (Å²) in [5.74, 6) is -1.18. The molecule has 8 heteroatoms. The molecular weight excluding hydrogens is 333 g/mol. The molecule has 1 heterocycles. The summed E-state index contributed by atoms with van der Waals surface area (Å²) in [5.41, 5.74) is 0.167. The van der Waals surface area contributed by atoms with Gasteiger partial charge in [-0.3, -0.25) is 4.79 Å². The average molecular weight is 355 g/mol. The van der Waals surface area contributed by atoms with E-state index in [9.17, 15) is 17.6 Å². The molecule has 2 rings (SSSR count). The Bertz CT molecular complexity index is 721. The Balaban J connectivity index is 2.27. The maximum atomic E-state index is 13.9. The van der Waals surface area contributed by atoms with E-state index in [0.717, 1.165) is 31.6 Å². The molecule has 0 saturated carbocycles. The van der Waals surface area contributed by atoms with Crippen LogP contribution in [0.5, 0.6) is 0 Å². The lowest BCUT2D eigenvalue weighted by Gasteiger charge is -2.21. The van der Waals surface area contributed by atoms with E-state index in [1.54, 1.807) is 4.90 Å². The van der Waals surface area contributed by atoms with Gasteiger partial charge in [0.1, 0.15) is 10.7 Å². The lowest BCUT2D eigenvalue weighted by atomic mass is 10.2. The highest BCUT2D eigenvalue weighted by Gasteiger charge is 2.23. The van der Waals surface area contributed by atoms with Crippen LogP contribution in [0.1, 0.15) is 16.8 Å². The first-order chi connectivity index (χ1) is 11.3. The highest BCUT2D eigenvalue weighted by Crippen LogP contribution is 2.18. The van der Waals surface area contributed by atoms with Gasteiger partial charge in [0.25, 0.3) is 5.91 Å². The van der Waals surface area contributed by atoms with Crippen molar-refractivity contribution in [3.8, 4) is 0 Å². The van der Waals surface area contributed by atoms with Crippen molar-refractivity contribution in [2.75, 3.05) is 39.8 Å². The van der Waals surface area contributed by atoms with Crippen LogP contribution in [0.4, 0.5) is 4.39 Å². The zero-order chi connectivity index (χ0) is 17.7. The molecule has 0 unspecified atom stereocenters. The minimum Gasteiger partial charge on any atom is -0.337 e. The van der Waals surface area contributed by atoms with Crippen LogP contribution < -0.4 is 4.72 Å². The van der Waals surface area contributed by atoms with Crippen molar-refractivity contribution < 1.29 is 17.6 Å². The summed E-state index contributed by atoms with van der Waals surface area (Å²) in [6.07, 6.45) is 2.20. The van der Waals surface area contributed by atoms with Crippen LogP contribution in [-0.2, 0) is 10.0 Å². The van der Waals surface area contributed by atoms with Gasteiger partial charge in [-0.05, 0) is 38.2 Å². The van der Waals surface area contributed by atoms with Gasteiger partial charge in [-0.25, -0.2) is 17.5 Å². The molecule has 0 radical (unpaired) electrons. The summed E-state index contributed by atoms with van der Waals surface area (Å²) in [6, 6.07) is 3.43. The molecule has 1 fully saturated rings. The smallest absolute Gasteiger partial charge is 0.253 e. The highest BCUT2D eigenvalue weighted by atomic mass is 32.2. The van der Waals surface area contributed by atoms with E-state index in [-0.39, 0.29) is 18.0 Å². The molecular formula is C16H22FN3O3S. The van der Waals surface area contributed by atoms with Crippen LogP contribution in [-0.4, -0.2) is 63.9 Å². The average Bonchev–Trinajstić information content (AvgIpc) is 2.77. The molecule has 0 aliphatic carbocycles. The summed E-state index contributed by atoms with van der Waals surface area (Å²) in [4.78, 5) is 15.9. The predicted octanol–water partition coefficient (Wildman–Crippen LogP) is 1.07. The molecule has 1 saturated heterocycles. The Morgan fingerprint density at radius 1 is 1.33 bits per heavy atom. The fourth-order valence-corrected chi connectivity index (χ4v) is 3.62. The summed E-state index contributed by atoms with van der Waals surface area (Å²) in [6.45, 7) is 6.20. The van der Waals surface area contributed by atoms with E-state index in [0.29, 0.717) is 13.1 Å². The molecule has 0 spiro atoms. The van der Waals surface area contributed by atoms with Crippen LogP contribution in [0, 0.1) is 5.82 Å². The molecule has 24 heavy (non-hydrogen) atoms. The number of carbonyl (C=O) groups is 1. The first kappa shape index (κ1) is 18.6. The van der Waals surface area contributed by atoms with Crippen molar-refractivity contribution in [2.45, 2.75) is 11.3 Å². The van der Waals surface area contributed by atoms with Crippen LogP contribution in [0.3, 0.4) is 0 Å². The van der Waals surface area contributed by atoms with Gasteiger partial charge in [0.15, 0.2) is 0 Å². The molecule has 6 nitrogen and oxygen atoms in total. The number of halogens is 1. The number of nitrogens with one attached hydrogen (secondary N) is 1. The van der Waals surface area contributed by atoms with Gasteiger partial charge in [-0.1, -0.05) is 6.08 Å². The van der Waals surface area contributed by atoms with Crippen molar-refractivity contribution in [1.29, 1.82) is 0 Å². The second kappa shape index (κ2) is 7.87. The normalized spacial score (nSPS) is 16.7. The lowest BCUT2D eigenvalue weighted by Crippen LogP contribution is -2.34. The zero-order valence-electron chi connectivity index (χ0n) is 13.7. The van der Waals surface area contributed by atoms with E-state index >= 15 is 0 Å². The monoisotopic (exact) mass is 355 g/mol. The minimum atomic E-state index is -4.03. The highest BCUT2D eigenvalue weighted by molar-refractivity contribution is 7.89. The number of sulfonamides is 1. The van der Waals surface area contributed by atoms with E-state index in [2.05, 4.69) is 16.2 Å². The molecule has 1 aromatic rings. The fraction of sp³-hybridized carbons (Fsp3) is 0.438. The first-order valence-electron chi connectivity index (χ1n) is 7.73. The van der Waals surface area contributed by atoms with E-state index in [4.69, 9.17) is 0 Å². The van der Waals surface area contributed by atoms with Crippen LogP contribution in [0.15, 0.2) is 35.7 Å². The molecule has 1 N–H and O–H groups in total. The second-order valence-corrected chi connectivity index (χ2v) is 7.47. The molecule has 1 amide bonds. The molecule has 132 valence electrons. The van der Waals surface area contributed by atoms with Crippen molar-refractivity contribution in [3.05, 3.63) is 42.2 Å². The third-order valence-electron chi connectivity index (χ3n) is 3.89. The van der Waals surface area contributed by atoms with E-state index < -0.39 is 20.7 Å². The van der Waals surface area contributed by atoms with Crippen LogP contribution in [0.2, 0.25) is 0 Å². The molecule has 0 bridgehead atoms. The maximum absolute atomic E-state index is 13.9. The molecule has 1 aliphatic heterocycles. The topological polar surface area (TPSA) is 69.7 Å². The van der Waals surface area contributed by atoms with Crippen LogP contribution in [0.25, 0.3) is 0 Å². The van der Waals surface area contributed by atoms with Crippen molar-refractivity contribution in [2.24, 2.45) is 0 Å². The number of likely N-dealkylation sites (N-methyl/N-ethyl adjacent to an activating group) is 1. The molecule has 0 aromatic heterocycles. The number of rotatable bonds is 5. The maximum Gasteiger partial charge on any atom is 0.253 e. The minimum absolute atomic E-state index is 0.0155. The Labute approximate surface area is 142 Å². The number of nitrogens with zero attached hydrogens (tertiary/aromatic N) is 2.